The molecule has 0 saturated heterocycles. The second-order valence-electron chi connectivity index (χ2n) is 4.59. The quantitative estimate of drug-likeness (QED) is 0.575. The van der Waals surface area contributed by atoms with Crippen molar-refractivity contribution in [1.82, 2.24) is 0 Å². The molecule has 2 aromatic carbocycles. The second-order valence-corrected chi connectivity index (χ2v) is 4.59. The van der Waals surface area contributed by atoms with Gasteiger partial charge >= 0.3 is 0 Å². The molecule has 0 radical (unpaired) electrons. The molecule has 0 amide bonds. The molecule has 0 heterocycles. The van der Waals surface area contributed by atoms with Crippen LogP contribution in [0.3, 0.4) is 0 Å². The summed E-state index contributed by atoms with van der Waals surface area (Å²) in [5, 5.41) is 0. The maximum absolute atomic E-state index is 4.16. The van der Waals surface area contributed by atoms with Crippen molar-refractivity contribution in [3.63, 3.8) is 0 Å². The Morgan fingerprint density at radius 2 is 1.45 bits per heavy atom. The van der Waals surface area contributed by atoms with Crippen LogP contribution in [0.5, 0.6) is 0 Å². The molecular formula is C21H25N. The molecular weight excluding hydrogens is 266 g/mol. The van der Waals surface area contributed by atoms with Crippen molar-refractivity contribution in [3.05, 3.63) is 97.2 Å². The number of para-hydroxylation sites is 1. The lowest BCUT2D eigenvalue weighted by Crippen LogP contribution is -2.14. The van der Waals surface area contributed by atoms with Gasteiger partial charge in [-0.1, -0.05) is 75.1 Å². The SMILES string of the molecule is C=C/C=C\C(=C)N(c1ccccc1)c1ccc(C)cc1.CC. The van der Waals surface area contributed by atoms with Crippen molar-refractivity contribution in [1.29, 1.82) is 0 Å². The lowest BCUT2D eigenvalue weighted by atomic mass is 10.1. The molecule has 0 aromatic heterocycles. The number of benzene rings is 2. The van der Waals surface area contributed by atoms with Crippen LogP contribution >= 0.6 is 0 Å². The summed E-state index contributed by atoms with van der Waals surface area (Å²) in [5.74, 6) is 0. The molecule has 0 aliphatic rings. The van der Waals surface area contributed by atoms with E-state index in [1.54, 1.807) is 6.08 Å². The molecule has 0 unspecified atom stereocenters. The minimum atomic E-state index is 0.903. The van der Waals surface area contributed by atoms with Gasteiger partial charge in [-0.2, -0.15) is 0 Å². The van der Waals surface area contributed by atoms with Gasteiger partial charge in [0.1, 0.15) is 0 Å². The van der Waals surface area contributed by atoms with Crippen LogP contribution in [-0.2, 0) is 0 Å². The molecule has 0 saturated carbocycles. The fourth-order valence-electron chi connectivity index (χ4n) is 2.01. The van der Waals surface area contributed by atoms with Crippen LogP contribution in [0.15, 0.2) is 91.7 Å². The van der Waals surface area contributed by atoms with E-state index in [2.05, 4.69) is 61.4 Å². The van der Waals surface area contributed by atoms with Gasteiger partial charge in [0.05, 0.1) is 0 Å². The molecule has 2 rings (SSSR count). The van der Waals surface area contributed by atoms with Crippen LogP contribution < -0.4 is 4.90 Å². The predicted molar refractivity (Wildman–Crippen MR) is 99.6 cm³/mol. The zero-order valence-corrected chi connectivity index (χ0v) is 13.8. The monoisotopic (exact) mass is 291 g/mol. The lowest BCUT2D eigenvalue weighted by Gasteiger charge is -2.25. The summed E-state index contributed by atoms with van der Waals surface area (Å²) in [4.78, 5) is 2.12. The molecule has 22 heavy (non-hydrogen) atoms. The van der Waals surface area contributed by atoms with Crippen molar-refractivity contribution in [2.75, 3.05) is 4.90 Å². The highest BCUT2D eigenvalue weighted by atomic mass is 15.1. The lowest BCUT2D eigenvalue weighted by molar-refractivity contribution is 1.21. The van der Waals surface area contributed by atoms with E-state index in [0.717, 1.165) is 17.1 Å². The minimum absolute atomic E-state index is 0.903. The first-order chi connectivity index (χ1) is 10.7. The number of aryl methyl sites for hydroxylation is 1. The van der Waals surface area contributed by atoms with E-state index >= 15 is 0 Å². The normalized spacial score (nSPS) is 9.77. The number of hydrogen-bond acceptors (Lipinski definition) is 1. The molecule has 0 atom stereocenters. The van der Waals surface area contributed by atoms with E-state index in [9.17, 15) is 0 Å². The summed E-state index contributed by atoms with van der Waals surface area (Å²) in [7, 11) is 0. The maximum Gasteiger partial charge on any atom is 0.0461 e. The molecule has 1 heteroatoms. The Labute approximate surface area is 134 Å². The van der Waals surface area contributed by atoms with Crippen LogP contribution in [-0.4, -0.2) is 0 Å². The first-order valence-corrected chi connectivity index (χ1v) is 7.62. The van der Waals surface area contributed by atoms with Gasteiger partial charge in [0, 0.05) is 17.1 Å². The Bertz CT molecular complexity index is 606. The smallest absolute Gasteiger partial charge is 0.0461 e. The van der Waals surface area contributed by atoms with E-state index in [1.807, 2.05) is 44.2 Å². The molecule has 0 spiro atoms. The van der Waals surface area contributed by atoms with Gasteiger partial charge in [0.15, 0.2) is 0 Å². The van der Waals surface area contributed by atoms with Crippen LogP contribution in [0, 0.1) is 6.92 Å². The van der Waals surface area contributed by atoms with E-state index < -0.39 is 0 Å². The second kappa shape index (κ2) is 9.41. The average molecular weight is 291 g/mol. The average Bonchev–Trinajstić information content (AvgIpc) is 2.58. The number of hydrogen-bond donors (Lipinski definition) is 0. The van der Waals surface area contributed by atoms with E-state index in [4.69, 9.17) is 0 Å². The third-order valence-corrected chi connectivity index (χ3v) is 3.02. The summed E-state index contributed by atoms with van der Waals surface area (Å²) >= 11 is 0. The molecule has 0 aliphatic heterocycles. The topological polar surface area (TPSA) is 3.24 Å². The summed E-state index contributed by atoms with van der Waals surface area (Å²) in [6.07, 6.45) is 5.61. The summed E-state index contributed by atoms with van der Waals surface area (Å²) < 4.78 is 0. The minimum Gasteiger partial charge on any atom is -0.311 e. The first kappa shape index (κ1) is 17.5. The first-order valence-electron chi connectivity index (χ1n) is 7.62. The Balaban J connectivity index is 0.00000116. The van der Waals surface area contributed by atoms with Crippen LogP contribution in [0.1, 0.15) is 19.4 Å². The third-order valence-electron chi connectivity index (χ3n) is 3.02. The zero-order chi connectivity index (χ0) is 16.4. The maximum atomic E-state index is 4.16. The van der Waals surface area contributed by atoms with E-state index in [0.29, 0.717) is 0 Å². The molecule has 1 nitrogen and oxygen atoms in total. The van der Waals surface area contributed by atoms with E-state index in [1.165, 1.54) is 5.56 Å². The number of nitrogens with zero attached hydrogens (tertiary/aromatic N) is 1. The number of anilines is 2. The molecule has 0 N–H and O–H groups in total. The highest BCUT2D eigenvalue weighted by molar-refractivity contribution is 5.69. The Morgan fingerprint density at radius 1 is 0.909 bits per heavy atom. The Kier molecular flexibility index (Phi) is 7.49. The van der Waals surface area contributed by atoms with Gasteiger partial charge < -0.3 is 4.90 Å². The van der Waals surface area contributed by atoms with E-state index in [-0.39, 0.29) is 0 Å². The number of allylic oxidation sites excluding steroid dienone is 3. The Morgan fingerprint density at radius 3 is 2.00 bits per heavy atom. The highest BCUT2D eigenvalue weighted by Crippen LogP contribution is 2.29. The van der Waals surface area contributed by atoms with Crippen molar-refractivity contribution >= 4 is 11.4 Å². The van der Waals surface area contributed by atoms with Gasteiger partial charge in [-0.05, 0) is 37.3 Å². The van der Waals surface area contributed by atoms with Gasteiger partial charge in [-0.3, -0.25) is 0 Å². The molecule has 114 valence electrons. The predicted octanol–water partition coefficient (Wildman–Crippen LogP) is 6.42. The van der Waals surface area contributed by atoms with Crippen molar-refractivity contribution in [2.45, 2.75) is 20.8 Å². The largest absolute Gasteiger partial charge is 0.311 e. The van der Waals surface area contributed by atoms with Gasteiger partial charge in [-0.25, -0.2) is 0 Å². The molecule has 2 aromatic rings. The van der Waals surface area contributed by atoms with Crippen LogP contribution in [0.2, 0.25) is 0 Å². The Hall–Kier alpha value is -2.54. The van der Waals surface area contributed by atoms with Crippen molar-refractivity contribution in [2.24, 2.45) is 0 Å². The van der Waals surface area contributed by atoms with Crippen LogP contribution in [0.25, 0.3) is 0 Å². The fraction of sp³-hybridized carbons (Fsp3) is 0.143. The summed E-state index contributed by atoms with van der Waals surface area (Å²) in [5.41, 5.74) is 4.34. The fourth-order valence-corrected chi connectivity index (χ4v) is 2.01. The van der Waals surface area contributed by atoms with Gasteiger partial charge in [0.25, 0.3) is 0 Å². The summed E-state index contributed by atoms with van der Waals surface area (Å²) in [6, 6.07) is 18.6. The van der Waals surface area contributed by atoms with Gasteiger partial charge in [0.2, 0.25) is 0 Å². The summed E-state index contributed by atoms with van der Waals surface area (Å²) in [6.45, 7) is 13.9. The number of rotatable bonds is 5. The van der Waals surface area contributed by atoms with Crippen molar-refractivity contribution in [3.8, 4) is 0 Å². The molecule has 0 fully saturated rings. The third kappa shape index (κ3) is 4.78. The zero-order valence-electron chi connectivity index (χ0n) is 13.8. The standard InChI is InChI=1S/C19H19N.C2H6/c1-4-5-9-17(3)20(18-10-7-6-8-11-18)19-14-12-16(2)13-15-19;1-2/h4-15H,1,3H2,2H3;1-2H3/b9-5-;. The highest BCUT2D eigenvalue weighted by Gasteiger charge is 2.10. The molecule has 0 bridgehead atoms. The molecule has 0 aliphatic carbocycles. The van der Waals surface area contributed by atoms with Crippen LogP contribution in [0.4, 0.5) is 11.4 Å². The van der Waals surface area contributed by atoms with Crippen molar-refractivity contribution < 1.29 is 0 Å². The van der Waals surface area contributed by atoms with Gasteiger partial charge in [-0.15, -0.1) is 0 Å².